The largest absolute Gasteiger partial charge is 0.396 e. The van der Waals surface area contributed by atoms with Crippen molar-refractivity contribution < 1.29 is 10.2 Å². The van der Waals surface area contributed by atoms with Crippen LogP contribution in [-0.2, 0) is 6.42 Å². The van der Waals surface area contributed by atoms with Crippen LogP contribution >= 0.6 is 0 Å². The van der Waals surface area contributed by atoms with Crippen molar-refractivity contribution in [1.82, 2.24) is 0 Å². The van der Waals surface area contributed by atoms with E-state index in [2.05, 4.69) is 18.3 Å². The molecule has 3 nitrogen and oxygen atoms in total. The summed E-state index contributed by atoms with van der Waals surface area (Å²) in [4.78, 5) is 0. The summed E-state index contributed by atoms with van der Waals surface area (Å²) < 4.78 is 0. The van der Waals surface area contributed by atoms with E-state index in [0.717, 1.165) is 12.1 Å². The standard InChI is InChI=1S/C12H19NO2/c1-2-10-5-3-4-6-12(10)13-11(9-15)7-8-14/h3-6,11,13-15H,2,7-9H2,1H3. The number of aliphatic hydroxyl groups excluding tert-OH is 2. The van der Waals surface area contributed by atoms with Crippen molar-refractivity contribution in [1.29, 1.82) is 0 Å². The molecule has 0 spiro atoms. The van der Waals surface area contributed by atoms with Crippen molar-refractivity contribution in [3.63, 3.8) is 0 Å². The molecule has 15 heavy (non-hydrogen) atoms. The van der Waals surface area contributed by atoms with Gasteiger partial charge in [-0.15, -0.1) is 0 Å². The third kappa shape index (κ3) is 3.53. The van der Waals surface area contributed by atoms with Crippen LogP contribution in [-0.4, -0.2) is 29.5 Å². The van der Waals surface area contributed by atoms with Gasteiger partial charge < -0.3 is 15.5 Å². The van der Waals surface area contributed by atoms with Gasteiger partial charge in [0.2, 0.25) is 0 Å². The number of nitrogens with one attached hydrogen (secondary N) is 1. The zero-order valence-corrected chi connectivity index (χ0v) is 9.11. The maximum absolute atomic E-state index is 9.11. The van der Waals surface area contributed by atoms with E-state index < -0.39 is 0 Å². The quantitative estimate of drug-likeness (QED) is 0.664. The summed E-state index contributed by atoms with van der Waals surface area (Å²) in [5, 5.41) is 21.2. The molecule has 0 saturated heterocycles. The number of rotatable bonds is 6. The van der Waals surface area contributed by atoms with Crippen molar-refractivity contribution in [2.45, 2.75) is 25.8 Å². The first-order chi connectivity index (χ1) is 7.31. The van der Waals surface area contributed by atoms with E-state index in [4.69, 9.17) is 10.2 Å². The highest BCUT2D eigenvalue weighted by Crippen LogP contribution is 2.16. The first kappa shape index (κ1) is 12.0. The summed E-state index contributed by atoms with van der Waals surface area (Å²) in [6, 6.07) is 7.97. The van der Waals surface area contributed by atoms with E-state index in [1.54, 1.807) is 0 Å². The van der Waals surface area contributed by atoms with E-state index in [9.17, 15) is 0 Å². The molecule has 1 atom stereocenters. The van der Waals surface area contributed by atoms with Crippen molar-refractivity contribution >= 4 is 5.69 Å². The molecule has 0 radical (unpaired) electrons. The molecule has 0 aliphatic heterocycles. The van der Waals surface area contributed by atoms with Crippen molar-refractivity contribution in [2.75, 3.05) is 18.5 Å². The zero-order valence-electron chi connectivity index (χ0n) is 9.11. The second kappa shape index (κ2) is 6.43. The highest BCUT2D eigenvalue weighted by atomic mass is 16.3. The predicted molar refractivity (Wildman–Crippen MR) is 62.0 cm³/mol. The van der Waals surface area contributed by atoms with Crippen LogP contribution in [0.5, 0.6) is 0 Å². The molecule has 1 aromatic rings. The Morgan fingerprint density at radius 3 is 2.60 bits per heavy atom. The number of para-hydroxylation sites is 1. The molecule has 0 aliphatic carbocycles. The average Bonchev–Trinajstić information content (AvgIpc) is 2.29. The Bertz CT molecular complexity index is 289. The fourth-order valence-electron chi connectivity index (χ4n) is 1.55. The number of aliphatic hydroxyl groups is 2. The lowest BCUT2D eigenvalue weighted by Gasteiger charge is -2.18. The third-order valence-corrected chi connectivity index (χ3v) is 2.46. The lowest BCUT2D eigenvalue weighted by atomic mass is 10.1. The number of hydrogen-bond donors (Lipinski definition) is 3. The first-order valence-electron chi connectivity index (χ1n) is 5.38. The Morgan fingerprint density at radius 2 is 2.00 bits per heavy atom. The van der Waals surface area contributed by atoms with Gasteiger partial charge in [-0.1, -0.05) is 25.1 Å². The Kier molecular flexibility index (Phi) is 5.15. The molecule has 3 heteroatoms. The van der Waals surface area contributed by atoms with E-state index in [1.165, 1.54) is 5.56 Å². The molecule has 0 amide bonds. The van der Waals surface area contributed by atoms with E-state index in [0.29, 0.717) is 6.42 Å². The van der Waals surface area contributed by atoms with Gasteiger partial charge in [-0.3, -0.25) is 0 Å². The van der Waals surface area contributed by atoms with Crippen LogP contribution < -0.4 is 5.32 Å². The van der Waals surface area contributed by atoms with Gasteiger partial charge in [-0.25, -0.2) is 0 Å². The first-order valence-corrected chi connectivity index (χ1v) is 5.38. The van der Waals surface area contributed by atoms with Gasteiger partial charge in [-0.2, -0.15) is 0 Å². The van der Waals surface area contributed by atoms with Gasteiger partial charge in [0.15, 0.2) is 0 Å². The van der Waals surface area contributed by atoms with Crippen LogP contribution in [0.1, 0.15) is 18.9 Å². The lowest BCUT2D eigenvalue weighted by molar-refractivity contribution is 0.229. The summed E-state index contributed by atoms with van der Waals surface area (Å²) >= 11 is 0. The van der Waals surface area contributed by atoms with Gasteiger partial charge in [0.1, 0.15) is 0 Å². The smallest absolute Gasteiger partial charge is 0.0633 e. The van der Waals surface area contributed by atoms with Crippen LogP contribution in [0.4, 0.5) is 5.69 Å². The molecule has 84 valence electrons. The predicted octanol–water partition coefficient (Wildman–Crippen LogP) is 1.40. The monoisotopic (exact) mass is 209 g/mol. The topological polar surface area (TPSA) is 52.5 Å². The maximum Gasteiger partial charge on any atom is 0.0633 e. The minimum Gasteiger partial charge on any atom is -0.396 e. The molecule has 1 unspecified atom stereocenters. The summed E-state index contributed by atoms with van der Waals surface area (Å²) in [7, 11) is 0. The second-order valence-corrected chi connectivity index (χ2v) is 3.55. The number of anilines is 1. The van der Waals surface area contributed by atoms with Crippen LogP contribution in [0.2, 0.25) is 0 Å². The van der Waals surface area contributed by atoms with Gasteiger partial charge >= 0.3 is 0 Å². The SMILES string of the molecule is CCc1ccccc1NC(CO)CCO. The lowest BCUT2D eigenvalue weighted by Crippen LogP contribution is -2.25. The molecular weight excluding hydrogens is 190 g/mol. The van der Waals surface area contributed by atoms with Gasteiger partial charge in [0.05, 0.1) is 12.6 Å². The minimum atomic E-state index is -0.0669. The van der Waals surface area contributed by atoms with Gasteiger partial charge in [0, 0.05) is 12.3 Å². The fraction of sp³-hybridized carbons (Fsp3) is 0.500. The van der Waals surface area contributed by atoms with Gasteiger partial charge in [-0.05, 0) is 24.5 Å². The molecule has 3 N–H and O–H groups in total. The van der Waals surface area contributed by atoms with E-state index >= 15 is 0 Å². The maximum atomic E-state index is 9.11. The molecule has 0 aromatic heterocycles. The zero-order chi connectivity index (χ0) is 11.1. The molecular formula is C12H19NO2. The molecule has 1 aromatic carbocycles. The fourth-order valence-corrected chi connectivity index (χ4v) is 1.55. The molecule has 0 aliphatic rings. The summed E-state index contributed by atoms with van der Waals surface area (Å²) in [6.07, 6.45) is 1.52. The molecule has 0 bridgehead atoms. The highest BCUT2D eigenvalue weighted by molar-refractivity contribution is 5.51. The van der Waals surface area contributed by atoms with Gasteiger partial charge in [0.25, 0.3) is 0 Å². The Labute approximate surface area is 90.8 Å². The summed E-state index contributed by atoms with van der Waals surface area (Å²) in [5.41, 5.74) is 2.28. The second-order valence-electron chi connectivity index (χ2n) is 3.55. The molecule has 1 rings (SSSR count). The molecule has 0 fully saturated rings. The Morgan fingerprint density at radius 1 is 1.27 bits per heavy atom. The summed E-state index contributed by atoms with van der Waals surface area (Å²) in [6.45, 7) is 2.23. The van der Waals surface area contributed by atoms with Crippen molar-refractivity contribution in [3.8, 4) is 0 Å². The third-order valence-electron chi connectivity index (χ3n) is 2.46. The number of aryl methyl sites for hydroxylation is 1. The van der Waals surface area contributed by atoms with Crippen LogP contribution in [0.15, 0.2) is 24.3 Å². The van der Waals surface area contributed by atoms with Crippen LogP contribution in [0, 0.1) is 0 Å². The molecule has 0 saturated carbocycles. The number of hydrogen-bond acceptors (Lipinski definition) is 3. The van der Waals surface area contributed by atoms with Crippen molar-refractivity contribution in [3.05, 3.63) is 29.8 Å². The van der Waals surface area contributed by atoms with E-state index in [-0.39, 0.29) is 19.3 Å². The van der Waals surface area contributed by atoms with Crippen LogP contribution in [0.3, 0.4) is 0 Å². The number of benzene rings is 1. The minimum absolute atomic E-state index is 0.0403. The average molecular weight is 209 g/mol. The Hall–Kier alpha value is -1.06. The highest BCUT2D eigenvalue weighted by Gasteiger charge is 2.07. The van der Waals surface area contributed by atoms with E-state index in [1.807, 2.05) is 18.2 Å². The Balaban J connectivity index is 2.69. The van der Waals surface area contributed by atoms with Crippen LogP contribution in [0.25, 0.3) is 0 Å². The molecule has 0 heterocycles. The summed E-state index contributed by atoms with van der Waals surface area (Å²) in [5.74, 6) is 0. The van der Waals surface area contributed by atoms with Crippen molar-refractivity contribution in [2.24, 2.45) is 0 Å². The normalized spacial score (nSPS) is 12.5.